The van der Waals surface area contributed by atoms with Gasteiger partial charge in [-0.05, 0) is 33.3 Å². The van der Waals surface area contributed by atoms with Gasteiger partial charge in [0.1, 0.15) is 6.10 Å². The number of ketones is 1. The van der Waals surface area contributed by atoms with Crippen LogP contribution in [0.4, 0.5) is 0 Å². The Hall–Kier alpha value is -1.93. The Balaban J connectivity index is -0.000000194. The fraction of sp³-hybridized carbons (Fsp3) is 0.556. The van der Waals surface area contributed by atoms with Gasteiger partial charge >= 0.3 is 27.0 Å². The molecule has 1 atom stereocenters. The standard InChI is InChI=1S/C7H9NO2.C7H10O2.C6H12O2.C4H6O.C2H5O.CH3.W/c1-4-5(2)7(10)8(3)6(4)9;1-3-6-4-5(2)7(8)9-6;1-6(3-7-2)4-8-5-6;1-3-4(2)5;1-2-3;;/h1-3H3;6H,2-4H2,1H3;3-5H2,1-2H3;3H,1H2,2H3;2-3H,1H3;1H3;/q;;;;2*-1;+2/i;;;;;1D;. The summed E-state index contributed by atoms with van der Waals surface area (Å²) in [6.45, 7) is 20.8. The number of carbonyl (C=O) groups excluding carboxylic acids is 4. The van der Waals surface area contributed by atoms with E-state index in [9.17, 15) is 19.2 Å². The molecule has 0 saturated carbocycles. The Kier molecular flexibility index (Phi) is 23.6. The molecule has 1 unspecified atom stereocenters. The number of nitrogens with zero attached hydrogens (tertiary/aromatic N) is 1. The first kappa shape index (κ1) is 39.6. The largest absolute Gasteiger partial charge is 2.00 e. The van der Waals surface area contributed by atoms with Crippen molar-refractivity contribution in [2.24, 2.45) is 5.41 Å². The zero-order chi connectivity index (χ0) is 29.8. The number of imide groups is 1. The van der Waals surface area contributed by atoms with E-state index < -0.39 is 0 Å². The molecule has 3 aliphatic heterocycles. The predicted molar refractivity (Wildman–Crippen MR) is 140 cm³/mol. The second kappa shape index (κ2) is 22.1. The molecule has 1 N–H and O–H groups in total. The molecule has 2 amide bonds. The van der Waals surface area contributed by atoms with Gasteiger partial charge in [0.05, 0.1) is 19.8 Å². The van der Waals surface area contributed by atoms with Crippen molar-refractivity contribution in [2.45, 2.75) is 60.5 Å². The number of esters is 1. The molecule has 3 rings (SSSR count). The molecule has 0 spiro atoms. The van der Waals surface area contributed by atoms with Gasteiger partial charge in [-0.25, -0.2) is 12.8 Å². The van der Waals surface area contributed by atoms with E-state index >= 15 is 0 Å². The maximum atomic E-state index is 11.0. The normalized spacial score (nSPS) is 18.6. The van der Waals surface area contributed by atoms with Crippen LogP contribution in [0.25, 0.3) is 0 Å². The van der Waals surface area contributed by atoms with Crippen molar-refractivity contribution in [1.29, 1.82) is 0 Å². The molecule has 10 heteroatoms. The average Bonchev–Trinajstić information content (AvgIpc) is 3.27. The molecule has 0 aromatic heterocycles. The van der Waals surface area contributed by atoms with Gasteiger partial charge in [0.25, 0.3) is 11.8 Å². The summed E-state index contributed by atoms with van der Waals surface area (Å²) in [7, 11) is 5.72. The SMILES string of the molecule is C=C1CC(CC)OC1=O.C=CC(C)=O.CC1=C(C)C(=O)N(C)C1=O.COCC1(C)COC1.C[CH-]O.[2H][CH2-].[W+2]. The van der Waals surface area contributed by atoms with E-state index in [4.69, 9.17) is 20.7 Å². The van der Waals surface area contributed by atoms with Crippen LogP contribution in [0.5, 0.6) is 0 Å². The van der Waals surface area contributed by atoms with Crippen LogP contribution in [0.2, 0.25) is 0 Å². The fourth-order valence-electron chi connectivity index (χ4n) is 2.66. The zero-order valence-electron chi connectivity index (χ0n) is 24.5. The number of aliphatic hydroxyl groups excluding tert-OH is 1. The number of allylic oxidation sites excluding steroid dienone is 1. The molecular weight excluding hydrogens is 650 g/mol. The molecule has 9 nitrogen and oxygen atoms in total. The van der Waals surface area contributed by atoms with Gasteiger partial charge in [0.15, 0.2) is 5.78 Å². The Morgan fingerprint density at radius 3 is 1.81 bits per heavy atom. The Labute approximate surface area is 239 Å². The first-order chi connectivity index (χ1) is 17.2. The minimum atomic E-state index is -0.221. The van der Waals surface area contributed by atoms with Crippen LogP contribution in [0, 0.1) is 19.4 Å². The third-order valence-corrected chi connectivity index (χ3v) is 4.99. The van der Waals surface area contributed by atoms with Crippen molar-refractivity contribution in [3.05, 3.63) is 50.0 Å². The van der Waals surface area contributed by atoms with Gasteiger partial charge in [-0.3, -0.25) is 19.3 Å². The number of cyclic esters (lactones) is 1. The average molecular weight is 697 g/mol. The molecule has 2 fully saturated rings. The maximum absolute atomic E-state index is 11.0. The number of amides is 2. The molecule has 0 aliphatic carbocycles. The van der Waals surface area contributed by atoms with Crippen molar-refractivity contribution in [3.63, 3.8) is 0 Å². The van der Waals surface area contributed by atoms with Crippen LogP contribution in [0.3, 0.4) is 0 Å². The number of likely N-dealkylation sites (N-methyl/N-ethyl adjacent to an activating group) is 1. The summed E-state index contributed by atoms with van der Waals surface area (Å²) >= 11 is 0. The van der Waals surface area contributed by atoms with E-state index in [0.717, 1.165) is 44.2 Å². The number of carbonyl (C=O) groups is 4. The number of hydrogen-bond donors (Lipinski definition) is 1. The summed E-state index contributed by atoms with van der Waals surface area (Å²) in [4.78, 5) is 43.4. The minimum absolute atomic E-state index is 0. The number of rotatable bonds is 4. The van der Waals surface area contributed by atoms with E-state index in [2.05, 4.69) is 27.5 Å². The second-order valence-corrected chi connectivity index (χ2v) is 8.47. The Morgan fingerprint density at radius 1 is 1.30 bits per heavy atom. The van der Waals surface area contributed by atoms with Crippen molar-refractivity contribution in [2.75, 3.05) is 34.0 Å². The van der Waals surface area contributed by atoms with E-state index in [1.165, 1.54) is 20.0 Å². The molecular formula is C27H45NO8W. The van der Waals surface area contributed by atoms with E-state index in [1.54, 1.807) is 27.9 Å². The van der Waals surface area contributed by atoms with Gasteiger partial charge < -0.3 is 26.7 Å². The third-order valence-electron chi connectivity index (χ3n) is 4.99. The fourth-order valence-corrected chi connectivity index (χ4v) is 2.66. The summed E-state index contributed by atoms with van der Waals surface area (Å²) in [5.41, 5.74) is 2.07. The smallest absolute Gasteiger partial charge is 0.566 e. The molecule has 212 valence electrons. The number of aliphatic hydroxyl groups is 1. The first-order valence-corrected chi connectivity index (χ1v) is 11.2. The molecule has 0 aromatic carbocycles. The van der Waals surface area contributed by atoms with Crippen LogP contribution in [0.1, 0.15) is 55.8 Å². The van der Waals surface area contributed by atoms with Gasteiger partial charge in [-0.1, -0.05) is 27.0 Å². The van der Waals surface area contributed by atoms with Crippen LogP contribution in [-0.4, -0.2) is 73.7 Å². The number of hydrogen-bond acceptors (Lipinski definition) is 8. The molecule has 3 aliphatic rings. The molecule has 2 saturated heterocycles. The quantitative estimate of drug-likeness (QED) is 0.203. The van der Waals surface area contributed by atoms with Crippen LogP contribution >= 0.6 is 0 Å². The molecule has 0 radical (unpaired) electrons. The molecule has 0 aromatic rings. The summed E-state index contributed by atoms with van der Waals surface area (Å²) < 4.78 is 20.4. The van der Waals surface area contributed by atoms with Crippen molar-refractivity contribution in [1.82, 2.24) is 4.90 Å². The van der Waals surface area contributed by atoms with Crippen molar-refractivity contribution >= 4 is 23.6 Å². The third kappa shape index (κ3) is 16.5. The van der Waals surface area contributed by atoms with Crippen molar-refractivity contribution < 1.29 is 60.9 Å². The molecule has 3 heterocycles. The topological polar surface area (TPSA) is 119 Å². The first-order valence-electron chi connectivity index (χ1n) is 12.0. The van der Waals surface area contributed by atoms with Gasteiger partial charge in [0, 0.05) is 42.7 Å². The predicted octanol–water partition coefficient (Wildman–Crippen LogP) is 4.01. The minimum Gasteiger partial charge on any atom is -0.566 e. The molecule has 37 heavy (non-hydrogen) atoms. The maximum Gasteiger partial charge on any atom is 2.00 e. The van der Waals surface area contributed by atoms with Gasteiger partial charge in [0.2, 0.25) is 0 Å². The van der Waals surface area contributed by atoms with Crippen molar-refractivity contribution in [3.8, 4) is 0 Å². The second-order valence-electron chi connectivity index (χ2n) is 8.47. The van der Waals surface area contributed by atoms with E-state index in [1.807, 2.05) is 6.92 Å². The zero-order valence-corrected chi connectivity index (χ0v) is 26.5. The monoisotopic (exact) mass is 696 g/mol. The van der Waals surface area contributed by atoms with Crippen LogP contribution < -0.4 is 0 Å². The van der Waals surface area contributed by atoms with Gasteiger partial charge in [-0.15, -0.1) is 0 Å². The Morgan fingerprint density at radius 2 is 1.70 bits per heavy atom. The van der Waals surface area contributed by atoms with E-state index in [0.29, 0.717) is 22.1 Å². The van der Waals surface area contributed by atoms with Gasteiger partial charge in [-0.2, -0.15) is 6.92 Å². The summed E-state index contributed by atoms with van der Waals surface area (Å²) in [5, 5.41) is 7.44. The van der Waals surface area contributed by atoms with Crippen LogP contribution in [-0.2, 0) is 54.5 Å². The number of ether oxygens (including phenoxy) is 3. The van der Waals surface area contributed by atoms with Crippen LogP contribution in [0.15, 0.2) is 36.0 Å². The number of methoxy groups -OCH3 is 1. The summed E-state index contributed by atoms with van der Waals surface area (Å²) in [6.07, 6.45) is 2.99. The molecule has 0 bridgehead atoms. The summed E-state index contributed by atoms with van der Waals surface area (Å²) in [5.74, 6) is -0.558. The van der Waals surface area contributed by atoms with E-state index in [-0.39, 0.29) is 50.7 Å². The summed E-state index contributed by atoms with van der Waals surface area (Å²) in [6, 6.07) is 0. The Bertz CT molecular complexity index is 754.